The van der Waals surface area contributed by atoms with Gasteiger partial charge in [-0.05, 0) is 24.3 Å². The highest BCUT2D eigenvalue weighted by atomic mass is 19.1. The predicted molar refractivity (Wildman–Crippen MR) is 100 cm³/mol. The molecule has 6 nitrogen and oxygen atoms in total. The molecule has 1 saturated heterocycles. The molecule has 7 heteroatoms. The number of nitrogens with zero attached hydrogens (tertiary/aromatic N) is 2. The van der Waals surface area contributed by atoms with Crippen molar-refractivity contribution in [1.29, 1.82) is 0 Å². The van der Waals surface area contributed by atoms with Crippen LogP contribution in [-0.4, -0.2) is 50.2 Å². The van der Waals surface area contributed by atoms with Crippen molar-refractivity contribution in [2.24, 2.45) is 0 Å². The van der Waals surface area contributed by atoms with E-state index in [4.69, 9.17) is 0 Å². The third-order valence-corrected chi connectivity index (χ3v) is 4.49. The number of carbonyl (C=O) groups excluding carboxylic acids is 2. The highest BCUT2D eigenvalue weighted by Gasteiger charge is 2.25. The maximum absolute atomic E-state index is 14.6. The van der Waals surface area contributed by atoms with E-state index < -0.39 is 11.8 Å². The van der Waals surface area contributed by atoms with Gasteiger partial charge in [0.25, 0.3) is 0 Å². The van der Waals surface area contributed by atoms with E-state index >= 15 is 0 Å². The number of carbonyl (C=O) groups is 2. The molecular formula is C20H22FN3O3. The summed E-state index contributed by atoms with van der Waals surface area (Å²) in [5.41, 5.74) is 1.16. The minimum absolute atomic E-state index is 0.0695. The fraction of sp³-hybridized carbons (Fsp3) is 0.300. The van der Waals surface area contributed by atoms with Crippen LogP contribution in [-0.2, 0) is 11.3 Å². The molecule has 3 rings (SSSR count). The molecular weight excluding hydrogens is 349 g/mol. The van der Waals surface area contributed by atoms with Crippen LogP contribution in [0.5, 0.6) is 0 Å². The molecule has 1 fully saturated rings. The van der Waals surface area contributed by atoms with Crippen LogP contribution in [0.2, 0.25) is 0 Å². The SMILES string of the molecule is COC(=O)c1ccc(CN(C(=O)N2CCNCC2)c2ccccc2)c(F)c1. The Hall–Kier alpha value is -2.93. The number of benzene rings is 2. The van der Waals surface area contributed by atoms with Crippen molar-refractivity contribution in [3.05, 3.63) is 65.5 Å². The number of anilines is 1. The van der Waals surface area contributed by atoms with Crippen molar-refractivity contribution in [3.63, 3.8) is 0 Å². The Bertz CT molecular complexity index is 807. The summed E-state index contributed by atoms with van der Waals surface area (Å²) < 4.78 is 19.2. The molecule has 0 radical (unpaired) electrons. The third kappa shape index (κ3) is 4.43. The van der Waals surface area contributed by atoms with Gasteiger partial charge < -0.3 is 15.0 Å². The van der Waals surface area contributed by atoms with Crippen molar-refractivity contribution in [1.82, 2.24) is 10.2 Å². The van der Waals surface area contributed by atoms with Gasteiger partial charge in [0, 0.05) is 37.4 Å². The summed E-state index contributed by atoms with van der Waals surface area (Å²) in [6.07, 6.45) is 0. The molecule has 0 spiro atoms. The number of nitrogens with one attached hydrogen (secondary N) is 1. The molecule has 142 valence electrons. The van der Waals surface area contributed by atoms with E-state index in [0.717, 1.165) is 19.2 Å². The Labute approximate surface area is 157 Å². The van der Waals surface area contributed by atoms with Crippen molar-refractivity contribution < 1.29 is 18.7 Å². The van der Waals surface area contributed by atoms with E-state index in [1.165, 1.54) is 19.2 Å². The standard InChI is InChI=1S/C20H22FN3O3/c1-27-19(25)15-7-8-16(18(21)13-15)14-24(17-5-3-2-4-6-17)20(26)23-11-9-22-10-12-23/h2-8,13,22H,9-12,14H2,1H3. The van der Waals surface area contributed by atoms with Crippen molar-refractivity contribution in [2.45, 2.75) is 6.54 Å². The van der Waals surface area contributed by atoms with Gasteiger partial charge in [-0.1, -0.05) is 24.3 Å². The van der Waals surface area contributed by atoms with Crippen LogP contribution in [0.1, 0.15) is 15.9 Å². The molecule has 0 saturated carbocycles. The molecule has 1 heterocycles. The molecule has 0 aromatic heterocycles. The first kappa shape index (κ1) is 18.8. The zero-order chi connectivity index (χ0) is 19.2. The van der Waals surface area contributed by atoms with Gasteiger partial charge in [0.05, 0.1) is 19.2 Å². The van der Waals surface area contributed by atoms with Gasteiger partial charge in [-0.25, -0.2) is 14.0 Å². The first-order chi connectivity index (χ1) is 13.1. The monoisotopic (exact) mass is 371 g/mol. The van der Waals surface area contributed by atoms with Crippen LogP contribution >= 0.6 is 0 Å². The quantitative estimate of drug-likeness (QED) is 0.840. The number of para-hydroxylation sites is 1. The number of halogens is 1. The Kier molecular flexibility index (Phi) is 6.03. The first-order valence-electron chi connectivity index (χ1n) is 8.79. The number of methoxy groups -OCH3 is 1. The molecule has 2 amide bonds. The Balaban J connectivity index is 1.87. The lowest BCUT2D eigenvalue weighted by Gasteiger charge is -2.33. The summed E-state index contributed by atoms with van der Waals surface area (Å²) >= 11 is 0. The van der Waals surface area contributed by atoms with Gasteiger partial charge in [0.2, 0.25) is 0 Å². The number of amides is 2. The maximum atomic E-state index is 14.6. The van der Waals surface area contributed by atoms with Gasteiger partial charge in [-0.15, -0.1) is 0 Å². The Morgan fingerprint density at radius 1 is 1.15 bits per heavy atom. The molecule has 1 aliphatic heterocycles. The Morgan fingerprint density at radius 3 is 2.48 bits per heavy atom. The van der Waals surface area contributed by atoms with Crippen LogP contribution in [0.25, 0.3) is 0 Å². The minimum atomic E-state index is -0.600. The molecule has 27 heavy (non-hydrogen) atoms. The zero-order valence-electron chi connectivity index (χ0n) is 15.2. The van der Waals surface area contributed by atoms with Gasteiger partial charge in [-0.2, -0.15) is 0 Å². The van der Waals surface area contributed by atoms with Gasteiger partial charge in [0.15, 0.2) is 0 Å². The fourth-order valence-corrected chi connectivity index (χ4v) is 2.99. The van der Waals surface area contributed by atoms with Crippen LogP contribution in [0.3, 0.4) is 0 Å². The van der Waals surface area contributed by atoms with Crippen LogP contribution in [0, 0.1) is 5.82 Å². The minimum Gasteiger partial charge on any atom is -0.465 e. The second-order valence-electron chi connectivity index (χ2n) is 6.24. The summed E-state index contributed by atoms with van der Waals surface area (Å²) in [4.78, 5) is 27.9. The van der Waals surface area contributed by atoms with Crippen molar-refractivity contribution in [2.75, 3.05) is 38.2 Å². The average Bonchev–Trinajstić information content (AvgIpc) is 2.73. The number of rotatable bonds is 4. The molecule has 0 bridgehead atoms. The summed E-state index contributed by atoms with van der Waals surface area (Å²) in [5.74, 6) is -1.15. The molecule has 0 atom stereocenters. The molecule has 2 aromatic rings. The summed E-state index contributed by atoms with van der Waals surface area (Å²) in [7, 11) is 1.25. The zero-order valence-corrected chi connectivity index (χ0v) is 15.2. The van der Waals surface area contributed by atoms with E-state index in [0.29, 0.717) is 24.3 Å². The second kappa shape index (κ2) is 8.64. The summed E-state index contributed by atoms with van der Waals surface area (Å²) in [5, 5.41) is 3.21. The first-order valence-corrected chi connectivity index (χ1v) is 8.79. The van der Waals surface area contributed by atoms with E-state index in [1.54, 1.807) is 9.80 Å². The number of esters is 1. The number of urea groups is 1. The van der Waals surface area contributed by atoms with Crippen LogP contribution in [0.15, 0.2) is 48.5 Å². The smallest absolute Gasteiger partial charge is 0.337 e. The van der Waals surface area contributed by atoms with Crippen molar-refractivity contribution in [3.8, 4) is 0 Å². The molecule has 0 aliphatic carbocycles. The summed E-state index contributed by atoms with van der Waals surface area (Å²) in [6.45, 7) is 2.74. The topological polar surface area (TPSA) is 61.9 Å². The summed E-state index contributed by atoms with van der Waals surface area (Å²) in [6, 6.07) is 13.2. The van der Waals surface area contributed by atoms with Crippen LogP contribution < -0.4 is 10.2 Å². The predicted octanol–water partition coefficient (Wildman–Crippen LogP) is 2.64. The van der Waals surface area contributed by atoms with E-state index in [9.17, 15) is 14.0 Å². The van der Waals surface area contributed by atoms with Gasteiger partial charge in [-0.3, -0.25) is 4.90 Å². The number of hydrogen-bond acceptors (Lipinski definition) is 4. The maximum Gasteiger partial charge on any atom is 0.337 e. The van der Waals surface area contributed by atoms with E-state index in [1.807, 2.05) is 30.3 Å². The lowest BCUT2D eigenvalue weighted by molar-refractivity contribution is 0.0600. The number of piperazine rings is 1. The molecule has 1 N–H and O–H groups in total. The van der Waals surface area contributed by atoms with Crippen molar-refractivity contribution >= 4 is 17.7 Å². The number of ether oxygens (including phenoxy) is 1. The molecule has 2 aromatic carbocycles. The third-order valence-electron chi connectivity index (χ3n) is 4.49. The largest absolute Gasteiger partial charge is 0.465 e. The molecule has 0 unspecified atom stereocenters. The number of hydrogen-bond donors (Lipinski definition) is 1. The molecule has 1 aliphatic rings. The van der Waals surface area contributed by atoms with Gasteiger partial charge >= 0.3 is 12.0 Å². The van der Waals surface area contributed by atoms with E-state index in [2.05, 4.69) is 10.1 Å². The highest BCUT2D eigenvalue weighted by molar-refractivity contribution is 5.92. The normalized spacial score (nSPS) is 13.9. The fourth-order valence-electron chi connectivity index (χ4n) is 2.99. The highest BCUT2D eigenvalue weighted by Crippen LogP contribution is 2.21. The second-order valence-corrected chi connectivity index (χ2v) is 6.24. The Morgan fingerprint density at radius 2 is 1.85 bits per heavy atom. The van der Waals surface area contributed by atoms with Gasteiger partial charge in [0.1, 0.15) is 5.82 Å². The average molecular weight is 371 g/mol. The lowest BCUT2D eigenvalue weighted by Crippen LogP contribution is -2.51. The van der Waals surface area contributed by atoms with E-state index in [-0.39, 0.29) is 18.1 Å². The lowest BCUT2D eigenvalue weighted by atomic mass is 10.1. The van der Waals surface area contributed by atoms with Crippen LogP contribution in [0.4, 0.5) is 14.9 Å².